The number of fused-ring (bicyclic) bond motifs is 3. The first kappa shape index (κ1) is 15.7. The molecule has 0 bridgehead atoms. The van der Waals surface area contributed by atoms with Crippen molar-refractivity contribution in [3.63, 3.8) is 0 Å². The second-order valence-electron chi connectivity index (χ2n) is 5.10. The van der Waals surface area contributed by atoms with E-state index in [4.69, 9.17) is 9.97 Å². The Morgan fingerprint density at radius 1 is 1.00 bits per heavy atom. The van der Waals surface area contributed by atoms with Gasteiger partial charge in [-0.15, -0.1) is 17.9 Å². The Bertz CT molecular complexity index is 1010. The minimum atomic E-state index is 0.809. The van der Waals surface area contributed by atoms with Gasteiger partial charge in [-0.1, -0.05) is 66.0 Å². The van der Waals surface area contributed by atoms with Crippen molar-refractivity contribution >= 4 is 55.2 Å². The Morgan fingerprint density at radius 2 is 1.79 bits per heavy atom. The molecule has 0 aliphatic heterocycles. The Hall–Kier alpha value is -1.82. The maximum atomic E-state index is 4.81. The van der Waals surface area contributed by atoms with E-state index in [2.05, 4.69) is 55.1 Å². The van der Waals surface area contributed by atoms with E-state index in [0.717, 1.165) is 26.2 Å². The van der Waals surface area contributed by atoms with Crippen LogP contribution in [0.4, 0.5) is 0 Å². The van der Waals surface area contributed by atoms with Crippen molar-refractivity contribution in [3.8, 4) is 0 Å². The number of hydrogen-bond donors (Lipinski definition) is 0. The highest BCUT2D eigenvalue weighted by Crippen LogP contribution is 2.40. The molecule has 24 heavy (non-hydrogen) atoms. The summed E-state index contributed by atoms with van der Waals surface area (Å²) in [7, 11) is 0. The molecule has 118 valence electrons. The molecule has 5 heteroatoms. The lowest BCUT2D eigenvalue weighted by Crippen LogP contribution is -1.90. The number of benzene rings is 2. The van der Waals surface area contributed by atoms with Gasteiger partial charge in [0.2, 0.25) is 0 Å². The number of aromatic nitrogens is 2. The van der Waals surface area contributed by atoms with Gasteiger partial charge in [-0.2, -0.15) is 0 Å². The summed E-state index contributed by atoms with van der Waals surface area (Å²) in [4.78, 5) is 10.8. The Morgan fingerprint density at radius 3 is 2.62 bits per heavy atom. The lowest BCUT2D eigenvalue weighted by atomic mass is 10.2. The molecule has 0 aliphatic rings. The van der Waals surface area contributed by atoms with Gasteiger partial charge in [-0.25, -0.2) is 9.97 Å². The van der Waals surface area contributed by atoms with Gasteiger partial charge in [0.15, 0.2) is 5.16 Å². The summed E-state index contributed by atoms with van der Waals surface area (Å²) in [6.45, 7) is 3.79. The Labute approximate surface area is 153 Å². The summed E-state index contributed by atoms with van der Waals surface area (Å²) in [5, 5.41) is 3.04. The molecule has 2 aromatic heterocycles. The quantitative estimate of drug-likeness (QED) is 0.180. The zero-order valence-electron chi connectivity index (χ0n) is 12.8. The monoisotopic (exact) mass is 366 g/mol. The summed E-state index contributed by atoms with van der Waals surface area (Å²) < 4.78 is 2.41. The summed E-state index contributed by atoms with van der Waals surface area (Å²) in [6, 6.07) is 18.8. The minimum absolute atomic E-state index is 0.809. The Balaban J connectivity index is 1.90. The fourth-order valence-corrected chi connectivity index (χ4v) is 5.16. The molecule has 0 unspecified atom stereocenters. The average Bonchev–Trinajstić information content (AvgIpc) is 3.00. The van der Waals surface area contributed by atoms with E-state index in [1.165, 1.54) is 15.0 Å². The van der Waals surface area contributed by atoms with Crippen LogP contribution in [0.1, 0.15) is 0 Å². The summed E-state index contributed by atoms with van der Waals surface area (Å²) >= 11 is 5.09. The van der Waals surface area contributed by atoms with Crippen LogP contribution in [0, 0.1) is 0 Å². The van der Waals surface area contributed by atoms with Gasteiger partial charge in [0.1, 0.15) is 5.03 Å². The summed E-state index contributed by atoms with van der Waals surface area (Å²) in [6.07, 6.45) is 1.88. The molecule has 4 rings (SSSR count). The van der Waals surface area contributed by atoms with E-state index in [-0.39, 0.29) is 0 Å². The predicted molar refractivity (Wildman–Crippen MR) is 106 cm³/mol. The summed E-state index contributed by atoms with van der Waals surface area (Å²) in [5.41, 5.74) is 1.05. The smallest absolute Gasteiger partial charge is 0.189 e. The van der Waals surface area contributed by atoms with E-state index >= 15 is 0 Å². The van der Waals surface area contributed by atoms with Crippen molar-refractivity contribution in [2.45, 2.75) is 15.1 Å². The van der Waals surface area contributed by atoms with Crippen molar-refractivity contribution < 1.29 is 0 Å². The molecule has 0 spiro atoms. The second-order valence-corrected chi connectivity index (χ2v) is 8.20. The third-order valence-corrected chi connectivity index (χ3v) is 6.59. The maximum Gasteiger partial charge on any atom is 0.189 e. The number of thioether (sulfide) groups is 1. The van der Waals surface area contributed by atoms with Gasteiger partial charge in [-0.3, -0.25) is 0 Å². The van der Waals surface area contributed by atoms with Crippen LogP contribution >= 0.6 is 34.9 Å². The van der Waals surface area contributed by atoms with Crippen molar-refractivity contribution in [1.82, 2.24) is 9.97 Å². The molecule has 2 aromatic carbocycles. The molecule has 0 N–H and O–H groups in total. The van der Waals surface area contributed by atoms with Crippen LogP contribution in [-0.4, -0.2) is 15.7 Å². The third-order valence-electron chi connectivity index (χ3n) is 3.46. The number of rotatable bonds is 5. The SMILES string of the molecule is C=CCSc1nc(Sc2ccccc2)c2sc3ccccc3c2n1. The average molecular weight is 367 g/mol. The van der Waals surface area contributed by atoms with Crippen molar-refractivity contribution in [1.29, 1.82) is 0 Å². The van der Waals surface area contributed by atoms with Crippen molar-refractivity contribution in [2.24, 2.45) is 0 Å². The lowest BCUT2D eigenvalue weighted by molar-refractivity contribution is 0.938. The highest BCUT2D eigenvalue weighted by molar-refractivity contribution is 8.00. The van der Waals surface area contributed by atoms with Crippen LogP contribution < -0.4 is 0 Å². The number of hydrogen-bond acceptors (Lipinski definition) is 5. The van der Waals surface area contributed by atoms with Gasteiger partial charge in [0.25, 0.3) is 0 Å². The third kappa shape index (κ3) is 3.07. The van der Waals surface area contributed by atoms with E-state index in [1.807, 2.05) is 12.1 Å². The molecule has 2 nitrogen and oxygen atoms in total. The van der Waals surface area contributed by atoms with Gasteiger partial charge in [0.05, 0.1) is 10.2 Å². The Kier molecular flexibility index (Phi) is 4.56. The van der Waals surface area contributed by atoms with Crippen molar-refractivity contribution in [3.05, 3.63) is 67.3 Å². The molecule has 0 saturated carbocycles. The first-order chi connectivity index (χ1) is 11.8. The van der Waals surface area contributed by atoms with Gasteiger partial charge >= 0.3 is 0 Å². The molecule has 0 saturated heterocycles. The van der Waals surface area contributed by atoms with Crippen LogP contribution in [0.5, 0.6) is 0 Å². The topological polar surface area (TPSA) is 25.8 Å². The standard InChI is InChI=1S/C19H14N2S3/c1-2-12-22-19-20-16-14-10-6-7-11-15(14)24-17(16)18(21-19)23-13-8-4-3-5-9-13/h2-11H,1,12H2. The maximum absolute atomic E-state index is 4.81. The minimum Gasteiger partial charge on any atom is -0.221 e. The van der Waals surface area contributed by atoms with Crippen LogP contribution in [0.15, 0.2) is 82.3 Å². The van der Waals surface area contributed by atoms with Gasteiger partial charge in [0, 0.05) is 20.7 Å². The molecular formula is C19H14N2S3. The highest BCUT2D eigenvalue weighted by Gasteiger charge is 2.15. The molecule has 0 amide bonds. The molecule has 0 radical (unpaired) electrons. The molecule has 2 heterocycles. The predicted octanol–water partition coefficient (Wildman–Crippen LogP) is 6.27. The fourth-order valence-electron chi connectivity index (χ4n) is 2.41. The lowest BCUT2D eigenvalue weighted by Gasteiger charge is -2.05. The summed E-state index contributed by atoms with van der Waals surface area (Å²) in [5.74, 6) is 0.809. The normalized spacial score (nSPS) is 11.2. The molecule has 4 aromatic rings. The molecule has 0 aliphatic carbocycles. The first-order valence-electron chi connectivity index (χ1n) is 7.51. The number of nitrogens with zero attached hydrogens (tertiary/aromatic N) is 2. The zero-order chi connectivity index (χ0) is 16.4. The fraction of sp³-hybridized carbons (Fsp3) is 0.0526. The molecule has 0 fully saturated rings. The largest absolute Gasteiger partial charge is 0.221 e. The van der Waals surface area contributed by atoms with E-state index < -0.39 is 0 Å². The number of thiophene rings is 1. The first-order valence-corrected chi connectivity index (χ1v) is 10.1. The van der Waals surface area contributed by atoms with Crippen LogP contribution in [0.2, 0.25) is 0 Å². The van der Waals surface area contributed by atoms with Crippen LogP contribution in [-0.2, 0) is 0 Å². The van der Waals surface area contributed by atoms with Crippen LogP contribution in [0.3, 0.4) is 0 Å². The molecular weight excluding hydrogens is 352 g/mol. The highest BCUT2D eigenvalue weighted by atomic mass is 32.2. The zero-order valence-corrected chi connectivity index (χ0v) is 15.3. The van der Waals surface area contributed by atoms with Crippen molar-refractivity contribution in [2.75, 3.05) is 5.75 Å². The molecule has 0 atom stereocenters. The second kappa shape index (κ2) is 6.97. The van der Waals surface area contributed by atoms with E-state index in [0.29, 0.717) is 0 Å². The van der Waals surface area contributed by atoms with E-state index in [9.17, 15) is 0 Å². The van der Waals surface area contributed by atoms with Crippen LogP contribution in [0.25, 0.3) is 20.3 Å². The van der Waals surface area contributed by atoms with E-state index in [1.54, 1.807) is 34.9 Å². The van der Waals surface area contributed by atoms with Gasteiger partial charge in [-0.05, 0) is 18.2 Å². The van der Waals surface area contributed by atoms with Gasteiger partial charge < -0.3 is 0 Å².